The monoisotopic (exact) mass is 291 g/mol. The van der Waals surface area contributed by atoms with Gasteiger partial charge in [0.05, 0.1) is 26.0 Å². The average molecular weight is 291 g/mol. The normalized spacial score (nSPS) is 11.2. The number of aromatic nitrogens is 3. The van der Waals surface area contributed by atoms with Gasteiger partial charge in [0, 0.05) is 0 Å². The van der Waals surface area contributed by atoms with Crippen molar-refractivity contribution in [3.05, 3.63) is 24.4 Å². The van der Waals surface area contributed by atoms with Crippen LogP contribution in [0.4, 0.5) is 0 Å². The van der Waals surface area contributed by atoms with Crippen molar-refractivity contribution in [1.29, 1.82) is 0 Å². The van der Waals surface area contributed by atoms with E-state index >= 15 is 0 Å². The van der Waals surface area contributed by atoms with Gasteiger partial charge in [-0.15, -0.1) is 5.10 Å². The molecule has 0 atom stereocenters. The van der Waals surface area contributed by atoms with Crippen LogP contribution in [0.15, 0.2) is 24.4 Å². The van der Waals surface area contributed by atoms with E-state index in [-0.39, 0.29) is 0 Å². The first kappa shape index (κ1) is 14.8. The second-order valence-electron chi connectivity index (χ2n) is 4.95. The van der Waals surface area contributed by atoms with Crippen LogP contribution in [0.1, 0.15) is 13.8 Å². The van der Waals surface area contributed by atoms with Gasteiger partial charge >= 0.3 is 5.97 Å². The number of rotatable bonds is 5. The quantitative estimate of drug-likeness (QED) is 0.903. The molecule has 0 saturated carbocycles. The van der Waals surface area contributed by atoms with E-state index in [0.29, 0.717) is 22.8 Å². The van der Waals surface area contributed by atoms with Gasteiger partial charge in [-0.25, -0.2) is 9.48 Å². The van der Waals surface area contributed by atoms with E-state index in [1.54, 1.807) is 52.5 Å². The Hall–Kier alpha value is -2.57. The number of nitrogens with zero attached hydrogens (tertiary/aromatic N) is 3. The van der Waals surface area contributed by atoms with Gasteiger partial charge in [-0.2, -0.15) is 0 Å². The molecule has 7 heteroatoms. The summed E-state index contributed by atoms with van der Waals surface area (Å²) in [5.74, 6) is 0.162. The van der Waals surface area contributed by atoms with E-state index in [2.05, 4.69) is 10.3 Å². The van der Waals surface area contributed by atoms with E-state index in [1.165, 1.54) is 4.68 Å². The number of methoxy groups -OCH3 is 2. The highest BCUT2D eigenvalue weighted by atomic mass is 16.5. The average Bonchev–Trinajstić information content (AvgIpc) is 2.96. The Bertz CT molecular complexity index is 642. The van der Waals surface area contributed by atoms with Crippen LogP contribution in [0, 0.1) is 0 Å². The maximum absolute atomic E-state index is 11.3. The van der Waals surface area contributed by atoms with E-state index in [9.17, 15) is 9.90 Å². The molecule has 0 aliphatic carbocycles. The minimum atomic E-state index is -1.19. The first-order valence-electron chi connectivity index (χ1n) is 6.29. The van der Waals surface area contributed by atoms with Crippen LogP contribution < -0.4 is 9.47 Å². The third-order valence-electron chi connectivity index (χ3n) is 3.27. The minimum Gasteiger partial charge on any atom is -0.496 e. The Morgan fingerprint density at radius 3 is 2.29 bits per heavy atom. The fourth-order valence-electron chi connectivity index (χ4n) is 1.85. The van der Waals surface area contributed by atoms with Gasteiger partial charge in [-0.1, -0.05) is 11.3 Å². The summed E-state index contributed by atoms with van der Waals surface area (Å²) in [7, 11) is 3.09. The predicted octanol–water partition coefficient (Wildman–Crippen LogP) is 1.78. The van der Waals surface area contributed by atoms with E-state index in [1.807, 2.05) is 0 Å². The fraction of sp³-hybridized carbons (Fsp3) is 0.357. The molecule has 0 radical (unpaired) electrons. The van der Waals surface area contributed by atoms with E-state index in [4.69, 9.17) is 9.47 Å². The van der Waals surface area contributed by atoms with Gasteiger partial charge in [0.2, 0.25) is 0 Å². The molecule has 7 nitrogen and oxygen atoms in total. The maximum atomic E-state index is 11.3. The molecule has 0 fully saturated rings. The predicted molar refractivity (Wildman–Crippen MR) is 75.5 cm³/mol. The molecule has 1 heterocycles. The third kappa shape index (κ3) is 2.54. The maximum Gasteiger partial charge on any atom is 0.331 e. The van der Waals surface area contributed by atoms with Crippen molar-refractivity contribution in [2.45, 2.75) is 19.4 Å². The molecule has 1 N–H and O–H groups in total. The topological polar surface area (TPSA) is 86.5 Å². The number of carboxylic acids is 1. The molecule has 0 aliphatic heterocycles. The van der Waals surface area contributed by atoms with Crippen molar-refractivity contribution in [2.75, 3.05) is 14.2 Å². The number of ether oxygens (including phenoxy) is 2. The lowest BCUT2D eigenvalue weighted by Gasteiger charge is -2.18. The van der Waals surface area contributed by atoms with Crippen molar-refractivity contribution in [2.24, 2.45) is 0 Å². The van der Waals surface area contributed by atoms with Gasteiger partial charge in [0.15, 0.2) is 5.54 Å². The molecule has 1 aromatic carbocycles. The van der Waals surface area contributed by atoms with E-state index in [0.717, 1.165) is 0 Å². The fourth-order valence-corrected chi connectivity index (χ4v) is 1.85. The summed E-state index contributed by atoms with van der Waals surface area (Å²) < 4.78 is 11.9. The van der Waals surface area contributed by atoms with Gasteiger partial charge < -0.3 is 14.6 Å². The zero-order chi connectivity index (χ0) is 15.6. The molecule has 2 rings (SSSR count). The second-order valence-corrected chi connectivity index (χ2v) is 4.95. The Balaban J connectivity index is 2.55. The summed E-state index contributed by atoms with van der Waals surface area (Å²) in [5.41, 5.74) is -0.0749. The summed E-state index contributed by atoms with van der Waals surface area (Å²) in [4.78, 5) is 11.3. The van der Waals surface area contributed by atoms with Crippen LogP contribution in [0.25, 0.3) is 11.3 Å². The first-order chi connectivity index (χ1) is 9.91. The number of hydrogen-bond donors (Lipinski definition) is 1. The molecule has 2 aromatic rings. The number of carbonyl (C=O) groups is 1. The van der Waals surface area contributed by atoms with Crippen LogP contribution in [0.2, 0.25) is 0 Å². The second kappa shape index (κ2) is 5.43. The zero-order valence-corrected chi connectivity index (χ0v) is 12.3. The summed E-state index contributed by atoms with van der Waals surface area (Å²) in [6.07, 6.45) is 1.56. The molecule has 21 heavy (non-hydrogen) atoms. The van der Waals surface area contributed by atoms with Crippen LogP contribution in [-0.2, 0) is 10.3 Å². The lowest BCUT2D eigenvalue weighted by molar-refractivity contribution is -0.146. The largest absolute Gasteiger partial charge is 0.496 e. The Morgan fingerprint density at radius 1 is 1.24 bits per heavy atom. The van der Waals surface area contributed by atoms with Gasteiger partial charge in [0.1, 0.15) is 17.2 Å². The highest BCUT2D eigenvalue weighted by molar-refractivity contribution is 5.77. The molecular formula is C14H17N3O4. The first-order valence-corrected chi connectivity index (χ1v) is 6.29. The van der Waals surface area contributed by atoms with Crippen molar-refractivity contribution < 1.29 is 19.4 Å². The summed E-state index contributed by atoms with van der Waals surface area (Å²) in [6.45, 7) is 3.10. The van der Waals surface area contributed by atoms with Crippen molar-refractivity contribution in [3.8, 4) is 22.8 Å². The molecule has 0 aliphatic rings. The SMILES string of the molecule is COc1cccc(OC)c1-c1cn(C(C)(C)C(=O)O)nn1. The number of aliphatic carboxylic acids is 1. The van der Waals surface area contributed by atoms with Crippen molar-refractivity contribution in [1.82, 2.24) is 15.0 Å². The summed E-state index contributed by atoms with van der Waals surface area (Å²) >= 11 is 0. The number of carboxylic acid groups (broad SMARTS) is 1. The zero-order valence-electron chi connectivity index (χ0n) is 12.3. The van der Waals surface area contributed by atoms with Gasteiger partial charge in [0.25, 0.3) is 0 Å². The van der Waals surface area contributed by atoms with Gasteiger partial charge in [-0.05, 0) is 26.0 Å². The molecular weight excluding hydrogens is 274 g/mol. The Kier molecular flexibility index (Phi) is 3.84. The van der Waals surface area contributed by atoms with Crippen molar-refractivity contribution in [3.63, 3.8) is 0 Å². The molecule has 0 saturated heterocycles. The lowest BCUT2D eigenvalue weighted by Crippen LogP contribution is -2.36. The summed E-state index contributed by atoms with van der Waals surface area (Å²) in [6, 6.07) is 5.35. The third-order valence-corrected chi connectivity index (χ3v) is 3.27. The summed E-state index contributed by atoms with van der Waals surface area (Å²) in [5, 5.41) is 17.2. The van der Waals surface area contributed by atoms with Crippen LogP contribution in [-0.4, -0.2) is 40.3 Å². The Labute approximate surface area is 122 Å². The van der Waals surface area contributed by atoms with Crippen LogP contribution in [0.3, 0.4) is 0 Å². The highest BCUT2D eigenvalue weighted by Gasteiger charge is 2.31. The minimum absolute atomic E-state index is 0.485. The molecule has 0 spiro atoms. The highest BCUT2D eigenvalue weighted by Crippen LogP contribution is 2.37. The molecule has 0 unspecified atom stereocenters. The molecule has 0 amide bonds. The molecule has 1 aromatic heterocycles. The number of hydrogen-bond acceptors (Lipinski definition) is 5. The standard InChI is InChI=1S/C14H17N3O4/c1-14(2,13(18)19)17-8-9(15-16-17)12-10(20-3)6-5-7-11(12)21-4/h5-8H,1-4H3,(H,18,19). The van der Waals surface area contributed by atoms with E-state index < -0.39 is 11.5 Å². The van der Waals surface area contributed by atoms with Crippen molar-refractivity contribution >= 4 is 5.97 Å². The van der Waals surface area contributed by atoms with Gasteiger partial charge in [-0.3, -0.25) is 0 Å². The molecule has 112 valence electrons. The van der Waals surface area contributed by atoms with Crippen LogP contribution >= 0.6 is 0 Å². The smallest absolute Gasteiger partial charge is 0.331 e. The number of benzene rings is 1. The lowest BCUT2D eigenvalue weighted by atomic mass is 10.1. The molecule has 0 bridgehead atoms. The van der Waals surface area contributed by atoms with Crippen LogP contribution in [0.5, 0.6) is 11.5 Å². The Morgan fingerprint density at radius 2 is 1.81 bits per heavy atom.